The van der Waals surface area contributed by atoms with Crippen LogP contribution in [0.5, 0.6) is 0 Å². The molecule has 1 aliphatic heterocycles. The van der Waals surface area contributed by atoms with E-state index in [-0.39, 0.29) is 35.6 Å². The number of rotatable bonds is 6. The fourth-order valence-electron chi connectivity index (χ4n) is 3.19. The lowest BCUT2D eigenvalue weighted by Crippen LogP contribution is -2.52. The van der Waals surface area contributed by atoms with Crippen LogP contribution < -0.4 is 16.8 Å². The monoisotopic (exact) mass is 409 g/mol. The van der Waals surface area contributed by atoms with Crippen LogP contribution in [0.1, 0.15) is 49.0 Å². The summed E-state index contributed by atoms with van der Waals surface area (Å²) in [7, 11) is 0. The Morgan fingerprint density at radius 2 is 1.79 bits per heavy atom. The van der Waals surface area contributed by atoms with Gasteiger partial charge in [0, 0.05) is 17.7 Å². The van der Waals surface area contributed by atoms with Gasteiger partial charge in [-0.15, -0.1) is 12.4 Å². The Bertz CT molecular complexity index is 736. The second-order valence-corrected chi connectivity index (χ2v) is 7.24. The van der Waals surface area contributed by atoms with Gasteiger partial charge in [0.1, 0.15) is 11.9 Å². The van der Waals surface area contributed by atoms with Crippen LogP contribution in [0.3, 0.4) is 0 Å². The normalized spacial score (nSPS) is 17.0. The topological polar surface area (TPSA) is 142 Å². The van der Waals surface area contributed by atoms with Gasteiger partial charge in [0.25, 0.3) is 5.91 Å². The van der Waals surface area contributed by atoms with Crippen molar-refractivity contribution in [3.8, 4) is 0 Å². The van der Waals surface area contributed by atoms with Gasteiger partial charge in [0.15, 0.2) is 0 Å². The van der Waals surface area contributed by atoms with Gasteiger partial charge in [0.05, 0.1) is 6.04 Å². The largest absolute Gasteiger partial charge is 0.384 e. The maximum Gasteiger partial charge on any atom is 0.257 e. The van der Waals surface area contributed by atoms with Gasteiger partial charge in [-0.3, -0.25) is 25.1 Å². The van der Waals surface area contributed by atoms with E-state index in [1.54, 1.807) is 0 Å². The number of benzene rings is 1. The minimum absolute atomic E-state index is 0. The lowest BCUT2D eigenvalue weighted by molar-refractivity contribution is -0.139. The van der Waals surface area contributed by atoms with Crippen molar-refractivity contribution in [2.45, 2.75) is 45.2 Å². The zero-order chi connectivity index (χ0) is 20.1. The van der Waals surface area contributed by atoms with E-state index in [1.807, 2.05) is 13.8 Å². The van der Waals surface area contributed by atoms with Gasteiger partial charge in [-0.1, -0.05) is 26.0 Å². The lowest BCUT2D eigenvalue weighted by Gasteiger charge is -2.27. The minimum Gasteiger partial charge on any atom is -0.384 e. The summed E-state index contributed by atoms with van der Waals surface area (Å²) < 4.78 is 0. The molecule has 9 heteroatoms. The second-order valence-electron chi connectivity index (χ2n) is 7.24. The van der Waals surface area contributed by atoms with Crippen LogP contribution in [0.4, 0.5) is 0 Å². The lowest BCUT2D eigenvalue weighted by atomic mass is 10.0. The van der Waals surface area contributed by atoms with Crippen LogP contribution in [-0.2, 0) is 9.59 Å². The standard InChI is InChI=1S/C19H27N5O3.ClH/c1-11(2)10-14(20)19(27)24-9-3-4-15(24)18(26)23-17(25)13-7-5-12(6-8-13)16(21)22;/h5-8,11,14-15H,3-4,9-10,20H2,1-2H3,(H3,21,22)(H,23,25,26);1H/t14-,15-;/m0./s1. The molecule has 0 aliphatic carbocycles. The van der Waals surface area contributed by atoms with E-state index in [1.165, 1.54) is 29.2 Å². The van der Waals surface area contributed by atoms with Crippen LogP contribution in [0, 0.1) is 11.3 Å². The van der Waals surface area contributed by atoms with E-state index in [2.05, 4.69) is 5.32 Å². The van der Waals surface area contributed by atoms with E-state index < -0.39 is 23.9 Å². The van der Waals surface area contributed by atoms with Crippen molar-refractivity contribution in [3.63, 3.8) is 0 Å². The smallest absolute Gasteiger partial charge is 0.257 e. The summed E-state index contributed by atoms with van der Waals surface area (Å²) in [4.78, 5) is 38.9. The van der Waals surface area contributed by atoms with Crippen molar-refractivity contribution in [1.82, 2.24) is 10.2 Å². The number of carbonyl (C=O) groups is 3. The van der Waals surface area contributed by atoms with Gasteiger partial charge < -0.3 is 16.4 Å². The molecule has 2 atom stereocenters. The molecule has 1 aromatic rings. The highest BCUT2D eigenvalue weighted by molar-refractivity contribution is 6.07. The molecule has 1 heterocycles. The SMILES string of the molecule is CC(C)C[C@H](N)C(=O)N1CCC[C@H]1C(=O)NC(=O)c1ccc(C(=N)N)cc1.Cl. The molecular formula is C19H28ClN5O3. The Hall–Kier alpha value is -2.45. The molecule has 0 saturated carbocycles. The predicted octanol–water partition coefficient (Wildman–Crippen LogP) is 1.01. The zero-order valence-electron chi connectivity index (χ0n) is 16.1. The number of nitrogen functional groups attached to an aromatic ring is 1. The second kappa shape index (κ2) is 10.2. The summed E-state index contributed by atoms with van der Waals surface area (Å²) in [6.45, 7) is 4.43. The third kappa shape index (κ3) is 5.77. The average Bonchev–Trinajstić information content (AvgIpc) is 3.10. The summed E-state index contributed by atoms with van der Waals surface area (Å²) >= 11 is 0. The van der Waals surface area contributed by atoms with Crippen molar-refractivity contribution in [3.05, 3.63) is 35.4 Å². The number of nitrogens with zero attached hydrogens (tertiary/aromatic N) is 1. The van der Waals surface area contributed by atoms with E-state index in [4.69, 9.17) is 16.9 Å². The molecule has 2 rings (SSSR count). The fraction of sp³-hybridized carbons (Fsp3) is 0.474. The Labute approximate surface area is 170 Å². The van der Waals surface area contributed by atoms with Crippen LogP contribution in [0.2, 0.25) is 0 Å². The van der Waals surface area contributed by atoms with Gasteiger partial charge >= 0.3 is 0 Å². The van der Waals surface area contributed by atoms with Gasteiger partial charge in [0.2, 0.25) is 11.8 Å². The first-order valence-corrected chi connectivity index (χ1v) is 9.06. The molecule has 8 nitrogen and oxygen atoms in total. The number of carbonyl (C=O) groups excluding carboxylic acids is 3. The first-order chi connectivity index (χ1) is 12.7. The molecule has 6 N–H and O–H groups in total. The molecule has 28 heavy (non-hydrogen) atoms. The maximum absolute atomic E-state index is 12.6. The molecule has 0 radical (unpaired) electrons. The molecule has 0 bridgehead atoms. The number of halogens is 1. The van der Waals surface area contributed by atoms with E-state index in [9.17, 15) is 14.4 Å². The molecule has 0 spiro atoms. The van der Waals surface area contributed by atoms with Crippen LogP contribution in [-0.4, -0.2) is 47.1 Å². The van der Waals surface area contributed by atoms with Crippen molar-refractivity contribution in [2.75, 3.05) is 6.54 Å². The fourth-order valence-corrected chi connectivity index (χ4v) is 3.19. The van der Waals surface area contributed by atoms with Crippen LogP contribution in [0.25, 0.3) is 0 Å². The molecule has 0 unspecified atom stereocenters. The van der Waals surface area contributed by atoms with Crippen LogP contribution >= 0.6 is 12.4 Å². The Kier molecular flexibility index (Phi) is 8.59. The number of hydrogen-bond acceptors (Lipinski definition) is 5. The molecule has 1 aromatic carbocycles. The van der Waals surface area contributed by atoms with Gasteiger partial charge in [-0.25, -0.2) is 0 Å². The van der Waals surface area contributed by atoms with Crippen molar-refractivity contribution >= 4 is 36.0 Å². The molecule has 0 aromatic heterocycles. The highest BCUT2D eigenvalue weighted by atomic mass is 35.5. The average molecular weight is 410 g/mol. The number of imide groups is 1. The Morgan fingerprint density at radius 1 is 1.21 bits per heavy atom. The van der Waals surface area contributed by atoms with E-state index in [0.29, 0.717) is 31.4 Å². The quantitative estimate of drug-likeness (QED) is 0.315. The maximum atomic E-state index is 12.6. The van der Waals surface area contributed by atoms with Gasteiger partial charge in [-0.05, 0) is 37.3 Å². The molecule has 1 fully saturated rings. The van der Waals surface area contributed by atoms with Crippen molar-refractivity contribution in [1.29, 1.82) is 5.41 Å². The van der Waals surface area contributed by atoms with Gasteiger partial charge in [-0.2, -0.15) is 0 Å². The highest BCUT2D eigenvalue weighted by Crippen LogP contribution is 2.20. The molecule has 3 amide bonds. The third-order valence-electron chi connectivity index (χ3n) is 4.58. The number of nitrogens with two attached hydrogens (primary N) is 2. The van der Waals surface area contributed by atoms with Crippen molar-refractivity contribution in [2.24, 2.45) is 17.4 Å². The summed E-state index contributed by atoms with van der Waals surface area (Å²) in [6, 6.07) is 4.74. The third-order valence-corrected chi connectivity index (χ3v) is 4.58. The highest BCUT2D eigenvalue weighted by Gasteiger charge is 2.36. The number of amidine groups is 1. The first kappa shape index (κ1) is 23.6. The zero-order valence-corrected chi connectivity index (χ0v) is 16.9. The molecule has 1 saturated heterocycles. The van der Waals surface area contributed by atoms with Crippen LogP contribution in [0.15, 0.2) is 24.3 Å². The predicted molar refractivity (Wildman–Crippen MR) is 109 cm³/mol. The number of nitrogens with one attached hydrogen (secondary N) is 2. The summed E-state index contributed by atoms with van der Waals surface area (Å²) in [5, 5.41) is 9.71. The molecular weight excluding hydrogens is 382 g/mol. The number of amides is 3. The Morgan fingerprint density at radius 3 is 2.32 bits per heavy atom. The van der Waals surface area contributed by atoms with Crippen molar-refractivity contribution < 1.29 is 14.4 Å². The van der Waals surface area contributed by atoms with E-state index >= 15 is 0 Å². The molecule has 154 valence electrons. The Balaban J connectivity index is 0.00000392. The first-order valence-electron chi connectivity index (χ1n) is 9.06. The summed E-state index contributed by atoms with van der Waals surface area (Å²) in [5.74, 6) is -1.13. The number of hydrogen-bond donors (Lipinski definition) is 4. The summed E-state index contributed by atoms with van der Waals surface area (Å²) in [6.07, 6.45) is 1.74. The number of likely N-dealkylation sites (tertiary alicyclic amines) is 1. The molecule has 1 aliphatic rings. The van der Waals surface area contributed by atoms with E-state index in [0.717, 1.165) is 0 Å². The minimum atomic E-state index is -0.684. The summed E-state index contributed by atoms with van der Waals surface area (Å²) in [5.41, 5.74) is 12.1.